The van der Waals surface area contributed by atoms with E-state index in [9.17, 15) is 29.1 Å². The van der Waals surface area contributed by atoms with E-state index >= 15 is 0 Å². The summed E-state index contributed by atoms with van der Waals surface area (Å²) >= 11 is 1.39. The number of aliphatic carboxylic acids is 1. The van der Waals surface area contributed by atoms with E-state index in [1.807, 2.05) is 69.3 Å². The molecule has 0 saturated carbocycles. The van der Waals surface area contributed by atoms with Gasteiger partial charge < -0.3 is 35.3 Å². The average molecular weight is 742 g/mol. The molecule has 1 aliphatic carbocycles. The Hall–Kier alpha value is -4.10. The van der Waals surface area contributed by atoms with Crippen molar-refractivity contribution < 1.29 is 43.3 Å². The minimum atomic E-state index is -1.41. The molecule has 2 aromatic rings. The first-order chi connectivity index (χ1) is 24.0. The van der Waals surface area contributed by atoms with Crippen molar-refractivity contribution in [1.82, 2.24) is 16.0 Å². The second kappa shape index (κ2) is 17.6. The molecule has 4 atom stereocenters. The third kappa shape index (κ3) is 13.1. The van der Waals surface area contributed by atoms with Crippen molar-refractivity contribution in [2.24, 2.45) is 0 Å². The third-order valence-corrected chi connectivity index (χ3v) is 9.26. The standard InChI is InChI=1S/C39H55N3O9S/c1-23(50-37(2,3)4)32(35(46)47)42-34(45)30(22-52-39(8,9)10)40-33(44)29(19-20-31(43)51-38(5,6)7)41-36(48)49-21-28-26-17-13-11-15-24(26)25-16-12-14-18-27(25)28/h11-18,23,28-30,32H,19-22H2,1-10H3,(H,40,44)(H,41,48)(H,42,45)(H,46,47)/t23-,29-,30+,32-/m0/s1. The number of esters is 1. The van der Waals surface area contributed by atoms with Crippen LogP contribution in [0.3, 0.4) is 0 Å². The van der Waals surface area contributed by atoms with Gasteiger partial charge in [0.1, 0.15) is 24.3 Å². The SMILES string of the molecule is C[C@H](OC(C)(C)C)[C@H](NC(=O)[C@@H](CSC(C)(C)C)NC(=O)[C@H](CCC(=O)OC(C)(C)C)NC(=O)OCC1c2ccccc2-c2ccccc21)C(=O)O. The van der Waals surface area contributed by atoms with Crippen LogP contribution in [0.25, 0.3) is 11.1 Å². The zero-order valence-corrected chi connectivity index (χ0v) is 32.8. The molecular formula is C39H55N3O9S. The smallest absolute Gasteiger partial charge is 0.407 e. The van der Waals surface area contributed by atoms with Gasteiger partial charge in [0.25, 0.3) is 0 Å². The first-order valence-electron chi connectivity index (χ1n) is 17.5. The molecule has 2 aromatic carbocycles. The van der Waals surface area contributed by atoms with Crippen molar-refractivity contribution in [3.8, 4) is 11.1 Å². The number of amides is 3. The Morgan fingerprint density at radius 2 is 1.31 bits per heavy atom. The molecule has 13 heteroatoms. The van der Waals surface area contributed by atoms with Gasteiger partial charge in [-0.2, -0.15) is 11.8 Å². The first-order valence-corrected chi connectivity index (χ1v) is 18.5. The molecule has 0 spiro atoms. The minimum Gasteiger partial charge on any atom is -0.480 e. The first kappa shape index (κ1) is 42.3. The molecule has 1 aliphatic rings. The van der Waals surface area contributed by atoms with Gasteiger partial charge in [-0.25, -0.2) is 9.59 Å². The number of carboxylic acids is 1. The van der Waals surface area contributed by atoms with Crippen LogP contribution in [0, 0.1) is 0 Å². The van der Waals surface area contributed by atoms with E-state index in [4.69, 9.17) is 14.2 Å². The van der Waals surface area contributed by atoms with E-state index in [2.05, 4.69) is 16.0 Å². The highest BCUT2D eigenvalue weighted by Crippen LogP contribution is 2.44. The number of thioether (sulfide) groups is 1. The van der Waals surface area contributed by atoms with Gasteiger partial charge in [0, 0.05) is 22.8 Å². The Balaban J connectivity index is 1.81. The van der Waals surface area contributed by atoms with Crippen molar-refractivity contribution in [1.29, 1.82) is 0 Å². The number of ether oxygens (including phenoxy) is 3. The summed E-state index contributed by atoms with van der Waals surface area (Å²) in [5.74, 6) is -3.50. The number of carbonyl (C=O) groups is 5. The number of benzene rings is 2. The van der Waals surface area contributed by atoms with Crippen LogP contribution in [0.15, 0.2) is 48.5 Å². The van der Waals surface area contributed by atoms with Gasteiger partial charge >= 0.3 is 18.0 Å². The molecule has 4 N–H and O–H groups in total. The molecule has 0 fully saturated rings. The monoisotopic (exact) mass is 741 g/mol. The summed E-state index contributed by atoms with van der Waals surface area (Å²) in [6, 6.07) is 11.9. The predicted octanol–water partition coefficient (Wildman–Crippen LogP) is 5.81. The maximum Gasteiger partial charge on any atom is 0.407 e. The molecule has 0 unspecified atom stereocenters. The van der Waals surface area contributed by atoms with Gasteiger partial charge in [0.15, 0.2) is 6.04 Å². The van der Waals surface area contributed by atoms with Gasteiger partial charge in [-0.05, 0) is 77.1 Å². The Morgan fingerprint density at radius 1 is 0.769 bits per heavy atom. The van der Waals surface area contributed by atoms with Crippen LogP contribution >= 0.6 is 11.8 Å². The Kier molecular flexibility index (Phi) is 14.3. The fraction of sp³-hybridized carbons (Fsp3) is 0.564. The largest absolute Gasteiger partial charge is 0.480 e. The van der Waals surface area contributed by atoms with Crippen LogP contribution in [0.2, 0.25) is 0 Å². The summed E-state index contributed by atoms with van der Waals surface area (Å²) in [7, 11) is 0. The minimum absolute atomic E-state index is 0.00108. The van der Waals surface area contributed by atoms with E-state index in [1.165, 1.54) is 11.8 Å². The molecule has 0 bridgehead atoms. The van der Waals surface area contributed by atoms with Crippen LogP contribution in [0.4, 0.5) is 4.79 Å². The van der Waals surface area contributed by atoms with Gasteiger partial charge in [-0.3, -0.25) is 14.4 Å². The highest BCUT2D eigenvalue weighted by Gasteiger charge is 2.35. The normalized spacial score (nSPS) is 15.3. The maximum atomic E-state index is 13.9. The lowest BCUT2D eigenvalue weighted by atomic mass is 9.98. The number of rotatable bonds is 15. The van der Waals surface area contributed by atoms with Gasteiger partial charge in [-0.1, -0.05) is 69.3 Å². The predicted molar refractivity (Wildman–Crippen MR) is 201 cm³/mol. The van der Waals surface area contributed by atoms with E-state index in [1.54, 1.807) is 48.5 Å². The molecule has 0 aliphatic heterocycles. The van der Waals surface area contributed by atoms with Crippen LogP contribution in [0.1, 0.15) is 99.1 Å². The molecule has 0 aromatic heterocycles. The highest BCUT2D eigenvalue weighted by atomic mass is 32.2. The van der Waals surface area contributed by atoms with Crippen molar-refractivity contribution in [3.05, 3.63) is 59.7 Å². The molecule has 0 heterocycles. The van der Waals surface area contributed by atoms with Gasteiger partial charge in [-0.15, -0.1) is 0 Å². The summed E-state index contributed by atoms with van der Waals surface area (Å²) in [4.78, 5) is 65.7. The summed E-state index contributed by atoms with van der Waals surface area (Å²) in [6.45, 7) is 17.8. The molecule has 3 rings (SSSR count). The molecular weight excluding hydrogens is 687 g/mol. The summed E-state index contributed by atoms with van der Waals surface area (Å²) in [5, 5.41) is 17.8. The lowest BCUT2D eigenvalue weighted by Crippen LogP contribution is -2.59. The van der Waals surface area contributed by atoms with Crippen LogP contribution in [0.5, 0.6) is 0 Å². The molecule has 286 valence electrons. The quantitative estimate of drug-likeness (QED) is 0.164. The molecule has 0 saturated heterocycles. The van der Waals surface area contributed by atoms with Gasteiger partial charge in [0.2, 0.25) is 11.8 Å². The van der Waals surface area contributed by atoms with E-state index < -0.39 is 65.3 Å². The van der Waals surface area contributed by atoms with Crippen molar-refractivity contribution in [3.63, 3.8) is 0 Å². The molecule has 0 radical (unpaired) electrons. The summed E-state index contributed by atoms with van der Waals surface area (Å²) < 4.78 is 16.6. The van der Waals surface area contributed by atoms with Crippen molar-refractivity contribution in [2.45, 2.75) is 128 Å². The molecule has 52 heavy (non-hydrogen) atoms. The number of nitrogens with one attached hydrogen (secondary N) is 3. The number of hydrogen-bond donors (Lipinski definition) is 4. The molecule has 3 amide bonds. The second-order valence-electron chi connectivity index (χ2n) is 15.9. The number of fused-ring (bicyclic) bond motifs is 3. The van der Waals surface area contributed by atoms with Crippen molar-refractivity contribution >= 4 is 41.6 Å². The van der Waals surface area contributed by atoms with Gasteiger partial charge in [0.05, 0.1) is 11.7 Å². The van der Waals surface area contributed by atoms with E-state index in [-0.39, 0.29) is 35.9 Å². The lowest BCUT2D eigenvalue weighted by molar-refractivity contribution is -0.155. The van der Waals surface area contributed by atoms with E-state index in [0.717, 1.165) is 22.3 Å². The highest BCUT2D eigenvalue weighted by molar-refractivity contribution is 8.00. The van der Waals surface area contributed by atoms with E-state index in [0.29, 0.717) is 0 Å². The Bertz CT molecular complexity index is 1550. The topological polar surface area (TPSA) is 169 Å². The zero-order chi connectivity index (χ0) is 39.0. The zero-order valence-electron chi connectivity index (χ0n) is 32.0. The second-order valence-corrected chi connectivity index (χ2v) is 17.7. The van der Waals surface area contributed by atoms with Crippen LogP contribution in [-0.2, 0) is 33.4 Å². The summed E-state index contributed by atoms with van der Waals surface area (Å²) in [5.41, 5.74) is 2.70. The number of carboxylic acid groups (broad SMARTS) is 1. The number of hydrogen-bond acceptors (Lipinski definition) is 9. The van der Waals surface area contributed by atoms with Crippen LogP contribution in [-0.4, -0.2) is 87.5 Å². The Morgan fingerprint density at radius 3 is 1.81 bits per heavy atom. The fourth-order valence-electron chi connectivity index (χ4n) is 5.75. The number of carbonyl (C=O) groups excluding carboxylic acids is 4. The summed E-state index contributed by atoms with van der Waals surface area (Å²) in [6.07, 6.45) is -2.14. The average Bonchev–Trinajstić information content (AvgIpc) is 3.33. The Labute approximate surface area is 311 Å². The maximum absolute atomic E-state index is 13.9. The number of alkyl carbamates (subject to hydrolysis) is 1. The third-order valence-electron chi connectivity index (χ3n) is 7.90. The molecule has 12 nitrogen and oxygen atoms in total. The lowest BCUT2D eigenvalue weighted by Gasteiger charge is -2.31. The van der Waals surface area contributed by atoms with Crippen molar-refractivity contribution in [2.75, 3.05) is 12.4 Å². The fourth-order valence-corrected chi connectivity index (χ4v) is 6.66. The van der Waals surface area contributed by atoms with Crippen LogP contribution < -0.4 is 16.0 Å².